The molecule has 1 aromatic carbocycles. The number of methoxy groups -OCH3 is 1. The number of hydrogen-bond donors (Lipinski definition) is 1. The lowest BCUT2D eigenvalue weighted by Crippen LogP contribution is -2.42. The Balaban J connectivity index is 1.77. The van der Waals surface area contributed by atoms with Crippen LogP contribution in [0.3, 0.4) is 0 Å². The third kappa shape index (κ3) is 1.83. The summed E-state index contributed by atoms with van der Waals surface area (Å²) in [6, 6.07) is 4.35. The van der Waals surface area contributed by atoms with E-state index in [-0.39, 0.29) is 11.5 Å². The van der Waals surface area contributed by atoms with Crippen LogP contribution in [0.5, 0.6) is 5.75 Å². The molecule has 2 saturated carbocycles. The third-order valence-electron chi connectivity index (χ3n) is 6.78. The number of ether oxygens (including phenoxy) is 1. The molecular weight excluding hydrogens is 272 g/mol. The average Bonchev–Trinajstić information content (AvgIpc) is 2.82. The summed E-state index contributed by atoms with van der Waals surface area (Å²) in [6.45, 7) is 4.53. The molecule has 0 bridgehead atoms. The van der Waals surface area contributed by atoms with Crippen molar-refractivity contribution in [2.24, 2.45) is 17.3 Å². The molecule has 5 atom stereocenters. The van der Waals surface area contributed by atoms with Crippen molar-refractivity contribution in [3.8, 4) is 5.75 Å². The molecule has 0 unspecified atom stereocenters. The normalized spacial score (nSPS) is 39.1. The van der Waals surface area contributed by atoms with Gasteiger partial charge in [-0.05, 0) is 84.6 Å². The molecule has 2 heteroatoms. The molecule has 0 aliphatic heterocycles. The Labute approximate surface area is 133 Å². The zero-order chi connectivity index (χ0) is 15.5. The Kier molecular flexibility index (Phi) is 3.16. The lowest BCUT2D eigenvalue weighted by molar-refractivity contribution is -0.00803. The van der Waals surface area contributed by atoms with E-state index in [4.69, 9.17) is 4.74 Å². The number of aryl methyl sites for hydroxylation is 1. The lowest BCUT2D eigenvalue weighted by atomic mass is 9.56. The molecule has 2 fully saturated rings. The highest BCUT2D eigenvalue weighted by Crippen LogP contribution is 2.60. The van der Waals surface area contributed by atoms with Crippen molar-refractivity contribution in [1.82, 2.24) is 0 Å². The molecule has 0 aromatic heterocycles. The second-order valence-corrected chi connectivity index (χ2v) is 7.73. The Bertz CT molecular complexity index is 633. The van der Waals surface area contributed by atoms with Crippen LogP contribution in [-0.4, -0.2) is 18.3 Å². The number of hydrogen-bond acceptors (Lipinski definition) is 2. The Hall–Kier alpha value is -1.28. The van der Waals surface area contributed by atoms with E-state index >= 15 is 0 Å². The highest BCUT2D eigenvalue weighted by Gasteiger charge is 2.53. The Morgan fingerprint density at radius 1 is 1.23 bits per heavy atom. The quantitative estimate of drug-likeness (QED) is 0.837. The molecule has 4 rings (SSSR count). The molecule has 0 saturated heterocycles. The van der Waals surface area contributed by atoms with E-state index in [9.17, 15) is 5.11 Å². The van der Waals surface area contributed by atoms with Crippen molar-refractivity contribution in [2.75, 3.05) is 7.11 Å². The van der Waals surface area contributed by atoms with Gasteiger partial charge in [0.1, 0.15) is 5.75 Å². The molecule has 22 heavy (non-hydrogen) atoms. The molecular formula is C20H26O2. The average molecular weight is 298 g/mol. The summed E-state index contributed by atoms with van der Waals surface area (Å²) in [5.74, 6) is 2.80. The standard InChI is InChI=1S/C20H26O2/c1-12-10-14(22-3)11-13-4-5-15-16(19(12)13)8-9-20(2)17(15)6-7-18(20)21/h4-5,10-11,15-18,21H,6-9H2,1-3H3/t15-,16+,17-,18+,20-/m0/s1. The van der Waals surface area contributed by atoms with E-state index in [1.54, 1.807) is 7.11 Å². The molecule has 118 valence electrons. The highest BCUT2D eigenvalue weighted by molar-refractivity contribution is 5.63. The summed E-state index contributed by atoms with van der Waals surface area (Å²) >= 11 is 0. The molecule has 1 N–H and O–H groups in total. The Morgan fingerprint density at radius 2 is 2.05 bits per heavy atom. The molecule has 0 spiro atoms. The first-order valence-electron chi connectivity index (χ1n) is 8.59. The van der Waals surface area contributed by atoms with Gasteiger partial charge in [-0.15, -0.1) is 0 Å². The monoisotopic (exact) mass is 298 g/mol. The number of rotatable bonds is 1. The van der Waals surface area contributed by atoms with E-state index < -0.39 is 0 Å². The Morgan fingerprint density at radius 3 is 2.82 bits per heavy atom. The molecule has 3 aliphatic rings. The molecule has 0 amide bonds. The van der Waals surface area contributed by atoms with Gasteiger partial charge >= 0.3 is 0 Å². The summed E-state index contributed by atoms with van der Waals surface area (Å²) in [7, 11) is 1.74. The van der Waals surface area contributed by atoms with Crippen LogP contribution in [-0.2, 0) is 0 Å². The van der Waals surface area contributed by atoms with Crippen molar-refractivity contribution < 1.29 is 9.84 Å². The largest absolute Gasteiger partial charge is 0.497 e. The third-order valence-corrected chi connectivity index (χ3v) is 6.78. The van der Waals surface area contributed by atoms with E-state index in [2.05, 4.69) is 38.1 Å². The van der Waals surface area contributed by atoms with Gasteiger partial charge in [0.2, 0.25) is 0 Å². The summed E-state index contributed by atoms with van der Waals surface area (Å²) in [5.41, 5.74) is 4.34. The van der Waals surface area contributed by atoms with E-state index in [1.807, 2.05) is 0 Å². The van der Waals surface area contributed by atoms with Gasteiger partial charge in [0.25, 0.3) is 0 Å². The van der Waals surface area contributed by atoms with Gasteiger partial charge in [0.05, 0.1) is 13.2 Å². The number of aliphatic hydroxyl groups excluding tert-OH is 1. The summed E-state index contributed by atoms with van der Waals surface area (Å²) < 4.78 is 5.43. The van der Waals surface area contributed by atoms with Crippen molar-refractivity contribution in [3.63, 3.8) is 0 Å². The first-order valence-corrected chi connectivity index (χ1v) is 8.59. The van der Waals surface area contributed by atoms with Gasteiger partial charge < -0.3 is 9.84 Å². The van der Waals surface area contributed by atoms with Crippen LogP contribution in [0.4, 0.5) is 0 Å². The van der Waals surface area contributed by atoms with Crippen LogP contribution in [0, 0.1) is 24.2 Å². The van der Waals surface area contributed by atoms with Crippen LogP contribution in [0.2, 0.25) is 0 Å². The minimum absolute atomic E-state index is 0.106. The lowest BCUT2D eigenvalue weighted by Gasteiger charge is -2.48. The summed E-state index contributed by atoms with van der Waals surface area (Å²) in [4.78, 5) is 0. The van der Waals surface area contributed by atoms with Crippen LogP contribution in [0.25, 0.3) is 6.08 Å². The fraction of sp³-hybridized carbons (Fsp3) is 0.600. The molecule has 1 aromatic rings. The van der Waals surface area contributed by atoms with Crippen LogP contribution >= 0.6 is 0 Å². The van der Waals surface area contributed by atoms with Crippen molar-refractivity contribution in [1.29, 1.82) is 0 Å². The predicted molar refractivity (Wildman–Crippen MR) is 89.1 cm³/mol. The topological polar surface area (TPSA) is 29.5 Å². The smallest absolute Gasteiger partial charge is 0.119 e. The number of allylic oxidation sites excluding steroid dienone is 1. The maximum atomic E-state index is 10.5. The van der Waals surface area contributed by atoms with Gasteiger partial charge in [-0.2, -0.15) is 0 Å². The number of benzene rings is 1. The summed E-state index contributed by atoms with van der Waals surface area (Å²) in [5, 5.41) is 10.5. The van der Waals surface area contributed by atoms with Gasteiger partial charge in [0.15, 0.2) is 0 Å². The number of aliphatic hydroxyl groups is 1. The van der Waals surface area contributed by atoms with Crippen LogP contribution in [0.15, 0.2) is 18.2 Å². The van der Waals surface area contributed by atoms with E-state index in [1.165, 1.54) is 29.5 Å². The fourth-order valence-corrected chi connectivity index (χ4v) is 5.54. The van der Waals surface area contributed by atoms with Crippen molar-refractivity contribution >= 4 is 6.08 Å². The maximum absolute atomic E-state index is 10.5. The maximum Gasteiger partial charge on any atom is 0.119 e. The zero-order valence-corrected chi connectivity index (χ0v) is 13.8. The minimum atomic E-state index is -0.106. The number of fused-ring (bicyclic) bond motifs is 5. The van der Waals surface area contributed by atoms with E-state index in [0.29, 0.717) is 17.8 Å². The van der Waals surface area contributed by atoms with Gasteiger partial charge in [0, 0.05) is 0 Å². The minimum Gasteiger partial charge on any atom is -0.497 e. The molecule has 0 heterocycles. The predicted octanol–water partition coefficient (Wildman–Crippen LogP) is 4.30. The molecule has 2 nitrogen and oxygen atoms in total. The second kappa shape index (κ2) is 4.86. The van der Waals surface area contributed by atoms with E-state index in [0.717, 1.165) is 18.6 Å². The van der Waals surface area contributed by atoms with Gasteiger partial charge in [-0.1, -0.05) is 19.1 Å². The van der Waals surface area contributed by atoms with Crippen molar-refractivity contribution in [2.45, 2.75) is 51.6 Å². The van der Waals surface area contributed by atoms with Crippen molar-refractivity contribution in [3.05, 3.63) is 34.9 Å². The summed E-state index contributed by atoms with van der Waals surface area (Å²) in [6.07, 6.45) is 9.11. The van der Waals surface area contributed by atoms with Crippen LogP contribution in [0.1, 0.15) is 55.2 Å². The van der Waals surface area contributed by atoms with Gasteiger partial charge in [-0.25, -0.2) is 0 Å². The van der Waals surface area contributed by atoms with Gasteiger partial charge in [-0.3, -0.25) is 0 Å². The zero-order valence-electron chi connectivity index (χ0n) is 13.8. The van der Waals surface area contributed by atoms with Crippen LogP contribution < -0.4 is 4.74 Å². The molecule has 3 aliphatic carbocycles. The first-order chi connectivity index (χ1) is 10.5. The second-order valence-electron chi connectivity index (χ2n) is 7.73. The molecule has 0 radical (unpaired) electrons. The highest BCUT2D eigenvalue weighted by atomic mass is 16.5. The fourth-order valence-electron chi connectivity index (χ4n) is 5.54. The first kappa shape index (κ1) is 14.3. The SMILES string of the molecule is COc1cc(C)c2c(c1)C=C[C@H]1[C@H]2CC[C@]2(C)[C@H](O)CC[C@@H]12.